The van der Waals surface area contributed by atoms with Gasteiger partial charge >= 0.3 is 0 Å². The predicted octanol–water partition coefficient (Wildman–Crippen LogP) is 2.97. The summed E-state index contributed by atoms with van der Waals surface area (Å²) in [5.41, 5.74) is 0.271. The molecule has 0 rings (SSSR count). The Morgan fingerprint density at radius 2 is 1.82 bits per heavy atom. The van der Waals surface area contributed by atoms with E-state index in [9.17, 15) is 5.11 Å². The Labute approximate surface area is 70.8 Å². The lowest BCUT2D eigenvalue weighted by Gasteiger charge is -2.21. The zero-order valence-corrected chi connectivity index (χ0v) is 8.35. The molecule has 0 heterocycles. The molecule has 1 heteroatoms. The fourth-order valence-corrected chi connectivity index (χ4v) is 1.25. The van der Waals surface area contributed by atoms with Gasteiger partial charge in [-0.1, -0.05) is 40.5 Å². The van der Waals surface area contributed by atoms with Crippen LogP contribution in [0.5, 0.6) is 0 Å². The van der Waals surface area contributed by atoms with E-state index in [0.717, 1.165) is 19.3 Å². The van der Waals surface area contributed by atoms with E-state index in [1.165, 1.54) is 6.42 Å². The average Bonchev–Trinajstić information content (AvgIpc) is 1.79. The van der Waals surface area contributed by atoms with Crippen LogP contribution in [0.15, 0.2) is 0 Å². The number of hydrogen-bond donors (Lipinski definition) is 1. The Bertz CT molecular complexity index is 91.5. The highest BCUT2D eigenvalue weighted by atomic mass is 16.3. The van der Waals surface area contributed by atoms with Gasteiger partial charge in [0.25, 0.3) is 0 Å². The lowest BCUT2D eigenvalue weighted by molar-refractivity contribution is 0.111. The number of aliphatic hydroxyl groups is 1. The Balaban J connectivity index is 3.44. The predicted molar refractivity (Wildman–Crippen MR) is 49.6 cm³/mol. The van der Waals surface area contributed by atoms with E-state index in [1.54, 1.807) is 0 Å². The normalized spacial score (nSPS) is 15.0. The first-order valence-corrected chi connectivity index (χ1v) is 4.64. The topological polar surface area (TPSA) is 20.2 Å². The van der Waals surface area contributed by atoms with Crippen LogP contribution in [-0.4, -0.2) is 11.2 Å². The SMILES string of the molecule is CCCCC(O)CC(C)(C)C. The summed E-state index contributed by atoms with van der Waals surface area (Å²) in [6.45, 7) is 8.66. The molecule has 1 N–H and O–H groups in total. The number of rotatable bonds is 4. The summed E-state index contributed by atoms with van der Waals surface area (Å²) < 4.78 is 0. The Morgan fingerprint density at radius 3 is 2.18 bits per heavy atom. The zero-order valence-electron chi connectivity index (χ0n) is 8.35. The maximum absolute atomic E-state index is 9.52. The van der Waals surface area contributed by atoms with Crippen LogP contribution < -0.4 is 0 Å². The molecule has 0 bridgehead atoms. The third-order valence-electron chi connectivity index (χ3n) is 1.74. The van der Waals surface area contributed by atoms with Gasteiger partial charge < -0.3 is 5.11 Å². The van der Waals surface area contributed by atoms with Gasteiger partial charge in [-0.25, -0.2) is 0 Å². The van der Waals surface area contributed by atoms with Gasteiger partial charge in [-0.05, 0) is 18.3 Å². The molecule has 0 saturated heterocycles. The Hall–Kier alpha value is -0.0400. The molecule has 0 aromatic heterocycles. The van der Waals surface area contributed by atoms with Crippen molar-refractivity contribution in [3.8, 4) is 0 Å². The van der Waals surface area contributed by atoms with E-state index in [4.69, 9.17) is 0 Å². The number of hydrogen-bond acceptors (Lipinski definition) is 1. The van der Waals surface area contributed by atoms with Crippen LogP contribution in [0.1, 0.15) is 53.4 Å². The van der Waals surface area contributed by atoms with E-state index in [1.807, 2.05) is 0 Å². The largest absolute Gasteiger partial charge is 0.393 e. The van der Waals surface area contributed by atoms with Crippen molar-refractivity contribution in [1.82, 2.24) is 0 Å². The lowest BCUT2D eigenvalue weighted by atomic mass is 9.88. The second-order valence-corrected chi connectivity index (χ2v) is 4.56. The molecule has 0 aliphatic rings. The van der Waals surface area contributed by atoms with E-state index in [0.29, 0.717) is 0 Å². The molecule has 0 aliphatic heterocycles. The minimum atomic E-state index is -0.0880. The molecule has 1 unspecified atom stereocenters. The second kappa shape index (κ2) is 4.76. The second-order valence-electron chi connectivity index (χ2n) is 4.56. The first kappa shape index (κ1) is 11.0. The van der Waals surface area contributed by atoms with Crippen molar-refractivity contribution >= 4 is 0 Å². The molecule has 0 radical (unpaired) electrons. The Morgan fingerprint density at radius 1 is 1.27 bits per heavy atom. The quantitative estimate of drug-likeness (QED) is 0.667. The number of unbranched alkanes of at least 4 members (excludes halogenated alkanes) is 1. The highest BCUT2D eigenvalue weighted by Crippen LogP contribution is 2.22. The van der Waals surface area contributed by atoms with Crippen molar-refractivity contribution < 1.29 is 5.11 Å². The van der Waals surface area contributed by atoms with Crippen molar-refractivity contribution in [2.24, 2.45) is 5.41 Å². The summed E-state index contributed by atoms with van der Waals surface area (Å²) in [5.74, 6) is 0. The van der Waals surface area contributed by atoms with Gasteiger partial charge in [-0.2, -0.15) is 0 Å². The molecular weight excluding hydrogens is 136 g/mol. The lowest BCUT2D eigenvalue weighted by Crippen LogP contribution is -2.17. The van der Waals surface area contributed by atoms with Crippen molar-refractivity contribution in [2.45, 2.75) is 59.5 Å². The summed E-state index contributed by atoms with van der Waals surface area (Å²) >= 11 is 0. The Kier molecular flexibility index (Phi) is 4.74. The van der Waals surface area contributed by atoms with E-state index in [2.05, 4.69) is 27.7 Å². The van der Waals surface area contributed by atoms with Crippen LogP contribution in [0.3, 0.4) is 0 Å². The minimum Gasteiger partial charge on any atom is -0.393 e. The van der Waals surface area contributed by atoms with Crippen LogP contribution in [0.25, 0.3) is 0 Å². The minimum absolute atomic E-state index is 0.0880. The highest BCUT2D eigenvalue weighted by Gasteiger charge is 2.15. The van der Waals surface area contributed by atoms with Crippen LogP contribution >= 0.6 is 0 Å². The summed E-state index contributed by atoms with van der Waals surface area (Å²) in [6.07, 6.45) is 4.13. The van der Waals surface area contributed by atoms with Gasteiger partial charge in [-0.15, -0.1) is 0 Å². The fourth-order valence-electron chi connectivity index (χ4n) is 1.25. The van der Waals surface area contributed by atoms with E-state index >= 15 is 0 Å². The molecule has 1 nitrogen and oxygen atoms in total. The molecule has 0 aromatic rings. The average molecular weight is 158 g/mol. The molecular formula is C10H22O. The van der Waals surface area contributed by atoms with E-state index < -0.39 is 0 Å². The van der Waals surface area contributed by atoms with Gasteiger partial charge in [0.2, 0.25) is 0 Å². The van der Waals surface area contributed by atoms with Crippen molar-refractivity contribution in [1.29, 1.82) is 0 Å². The summed E-state index contributed by atoms with van der Waals surface area (Å²) in [6, 6.07) is 0. The standard InChI is InChI=1S/C10H22O/c1-5-6-7-9(11)8-10(2,3)4/h9,11H,5-8H2,1-4H3. The van der Waals surface area contributed by atoms with Crippen LogP contribution in [0.2, 0.25) is 0 Å². The van der Waals surface area contributed by atoms with Gasteiger partial charge in [0.05, 0.1) is 6.10 Å². The van der Waals surface area contributed by atoms with Crippen molar-refractivity contribution in [3.05, 3.63) is 0 Å². The summed E-state index contributed by atoms with van der Waals surface area (Å²) in [5, 5.41) is 9.52. The molecule has 0 aliphatic carbocycles. The molecule has 68 valence electrons. The molecule has 11 heavy (non-hydrogen) atoms. The summed E-state index contributed by atoms with van der Waals surface area (Å²) in [7, 11) is 0. The molecule has 0 saturated carbocycles. The van der Waals surface area contributed by atoms with Crippen molar-refractivity contribution in [3.63, 3.8) is 0 Å². The van der Waals surface area contributed by atoms with E-state index in [-0.39, 0.29) is 11.5 Å². The molecule has 1 atom stereocenters. The highest BCUT2D eigenvalue weighted by molar-refractivity contribution is 4.67. The fraction of sp³-hybridized carbons (Fsp3) is 1.00. The maximum atomic E-state index is 9.52. The first-order chi connectivity index (χ1) is 4.95. The van der Waals surface area contributed by atoms with Crippen LogP contribution in [0, 0.1) is 5.41 Å². The third-order valence-corrected chi connectivity index (χ3v) is 1.74. The van der Waals surface area contributed by atoms with Gasteiger partial charge in [0.15, 0.2) is 0 Å². The van der Waals surface area contributed by atoms with Gasteiger partial charge in [0, 0.05) is 0 Å². The molecule has 0 fully saturated rings. The van der Waals surface area contributed by atoms with Crippen LogP contribution in [-0.2, 0) is 0 Å². The monoisotopic (exact) mass is 158 g/mol. The maximum Gasteiger partial charge on any atom is 0.0545 e. The zero-order chi connectivity index (χ0) is 8.91. The molecule has 0 amide bonds. The smallest absolute Gasteiger partial charge is 0.0545 e. The van der Waals surface area contributed by atoms with Gasteiger partial charge in [-0.3, -0.25) is 0 Å². The van der Waals surface area contributed by atoms with Gasteiger partial charge in [0.1, 0.15) is 0 Å². The molecule has 0 spiro atoms. The van der Waals surface area contributed by atoms with Crippen LogP contribution in [0.4, 0.5) is 0 Å². The third kappa shape index (κ3) is 7.86. The van der Waals surface area contributed by atoms with Crippen molar-refractivity contribution in [2.75, 3.05) is 0 Å². The molecule has 0 aromatic carbocycles. The first-order valence-electron chi connectivity index (χ1n) is 4.64. The number of aliphatic hydroxyl groups excluding tert-OH is 1. The summed E-state index contributed by atoms with van der Waals surface area (Å²) in [4.78, 5) is 0.